The number of aliphatic hydroxyl groups excluding tert-OH is 3. The molecule has 22 heavy (non-hydrogen) atoms. The standard InChI is InChI=1S/C18H29NO3/c20-13-16-18(22)17(21)15(19-16)12-8-3-1-2-5-9-14-10-6-4-7-11-14/h4,6-7,10-11,15-22H,1-3,5,8-9,12-13H2/t15-,16-,17-,18+/m1/s1. The van der Waals surface area contributed by atoms with Crippen LogP contribution in [-0.4, -0.2) is 46.2 Å². The third-order valence-corrected chi connectivity index (χ3v) is 4.62. The van der Waals surface area contributed by atoms with Crippen LogP contribution in [0.3, 0.4) is 0 Å². The average molecular weight is 307 g/mol. The molecule has 1 aromatic rings. The summed E-state index contributed by atoms with van der Waals surface area (Å²) in [4.78, 5) is 0. The van der Waals surface area contributed by atoms with Gasteiger partial charge in [-0.05, 0) is 24.8 Å². The predicted molar refractivity (Wildman–Crippen MR) is 87.7 cm³/mol. The van der Waals surface area contributed by atoms with Gasteiger partial charge in [0, 0.05) is 6.04 Å². The maximum Gasteiger partial charge on any atom is 0.0989 e. The van der Waals surface area contributed by atoms with Crippen LogP contribution in [0, 0.1) is 0 Å². The van der Waals surface area contributed by atoms with Gasteiger partial charge in [0.2, 0.25) is 0 Å². The van der Waals surface area contributed by atoms with Gasteiger partial charge in [-0.3, -0.25) is 0 Å². The molecule has 1 aliphatic rings. The maximum atomic E-state index is 9.90. The highest BCUT2D eigenvalue weighted by Crippen LogP contribution is 2.19. The van der Waals surface area contributed by atoms with Crippen molar-refractivity contribution >= 4 is 0 Å². The number of hydrogen-bond donors (Lipinski definition) is 4. The Morgan fingerprint density at radius 3 is 2.14 bits per heavy atom. The minimum absolute atomic E-state index is 0.0866. The fourth-order valence-electron chi connectivity index (χ4n) is 3.23. The van der Waals surface area contributed by atoms with Gasteiger partial charge < -0.3 is 20.6 Å². The molecule has 4 nitrogen and oxygen atoms in total. The van der Waals surface area contributed by atoms with Gasteiger partial charge in [-0.2, -0.15) is 0 Å². The van der Waals surface area contributed by atoms with E-state index in [9.17, 15) is 10.2 Å². The average Bonchev–Trinajstić information content (AvgIpc) is 2.82. The maximum absolute atomic E-state index is 9.90. The Labute approximate surface area is 133 Å². The molecule has 0 bridgehead atoms. The van der Waals surface area contributed by atoms with Crippen LogP contribution in [0.4, 0.5) is 0 Å². The van der Waals surface area contributed by atoms with Gasteiger partial charge in [0.1, 0.15) is 0 Å². The Morgan fingerprint density at radius 1 is 0.818 bits per heavy atom. The van der Waals surface area contributed by atoms with Gasteiger partial charge in [-0.25, -0.2) is 0 Å². The number of rotatable bonds is 9. The molecule has 0 spiro atoms. The van der Waals surface area contributed by atoms with E-state index in [-0.39, 0.29) is 18.7 Å². The monoisotopic (exact) mass is 307 g/mol. The molecule has 4 N–H and O–H groups in total. The number of unbranched alkanes of at least 4 members (excludes halogenated alkanes) is 4. The molecule has 0 radical (unpaired) electrons. The molecular formula is C18H29NO3. The lowest BCUT2D eigenvalue weighted by molar-refractivity contribution is 0.0186. The molecular weight excluding hydrogens is 278 g/mol. The largest absolute Gasteiger partial charge is 0.395 e. The molecule has 124 valence electrons. The fraction of sp³-hybridized carbons (Fsp3) is 0.667. The van der Waals surface area contributed by atoms with Crippen molar-refractivity contribution < 1.29 is 15.3 Å². The normalized spacial score (nSPS) is 28.1. The lowest BCUT2D eigenvalue weighted by Gasteiger charge is -2.15. The first kappa shape index (κ1) is 17.4. The first-order chi connectivity index (χ1) is 10.7. The van der Waals surface area contributed by atoms with Crippen molar-refractivity contribution in [3.63, 3.8) is 0 Å². The SMILES string of the molecule is OC[C@H]1N[C@H](CCCCCCCc2ccccc2)[C@@H](O)[C@H]1O. The van der Waals surface area contributed by atoms with Crippen LogP contribution in [0.15, 0.2) is 30.3 Å². The molecule has 1 aliphatic heterocycles. The zero-order valence-electron chi connectivity index (χ0n) is 13.2. The number of aryl methyl sites for hydroxylation is 1. The highest BCUT2D eigenvalue weighted by atomic mass is 16.3. The van der Waals surface area contributed by atoms with E-state index < -0.39 is 12.2 Å². The van der Waals surface area contributed by atoms with E-state index in [0.29, 0.717) is 0 Å². The van der Waals surface area contributed by atoms with Crippen molar-refractivity contribution in [2.24, 2.45) is 0 Å². The van der Waals surface area contributed by atoms with Crippen molar-refractivity contribution in [2.45, 2.75) is 69.2 Å². The van der Waals surface area contributed by atoms with Crippen molar-refractivity contribution in [1.82, 2.24) is 5.32 Å². The van der Waals surface area contributed by atoms with Gasteiger partial charge >= 0.3 is 0 Å². The molecule has 0 saturated carbocycles. The van der Waals surface area contributed by atoms with Crippen molar-refractivity contribution in [3.8, 4) is 0 Å². The molecule has 1 aromatic carbocycles. The summed E-state index contributed by atoms with van der Waals surface area (Å²) in [6.45, 7) is -0.131. The van der Waals surface area contributed by atoms with Crippen LogP contribution in [0.25, 0.3) is 0 Å². The Kier molecular flexibility index (Phi) is 7.33. The number of hydrogen-bond acceptors (Lipinski definition) is 4. The van der Waals surface area contributed by atoms with E-state index in [1.807, 2.05) is 6.07 Å². The molecule has 0 aliphatic carbocycles. The van der Waals surface area contributed by atoms with Crippen LogP contribution in [0.1, 0.15) is 44.1 Å². The summed E-state index contributed by atoms with van der Waals surface area (Å²) < 4.78 is 0. The molecule has 0 unspecified atom stereocenters. The Morgan fingerprint density at radius 2 is 1.45 bits per heavy atom. The van der Waals surface area contributed by atoms with Crippen LogP contribution < -0.4 is 5.32 Å². The summed E-state index contributed by atoms with van der Waals surface area (Å²) in [6, 6.07) is 10.1. The second-order valence-corrected chi connectivity index (χ2v) is 6.34. The zero-order chi connectivity index (χ0) is 15.8. The Bertz CT molecular complexity index is 412. The molecule has 0 amide bonds. The fourth-order valence-corrected chi connectivity index (χ4v) is 3.23. The molecule has 1 fully saturated rings. The van der Waals surface area contributed by atoms with Gasteiger partial charge in [-0.15, -0.1) is 0 Å². The molecule has 2 rings (SSSR count). The van der Waals surface area contributed by atoms with E-state index in [4.69, 9.17) is 5.11 Å². The highest BCUT2D eigenvalue weighted by Gasteiger charge is 2.39. The van der Waals surface area contributed by atoms with Gasteiger partial charge in [0.25, 0.3) is 0 Å². The summed E-state index contributed by atoms with van der Waals surface area (Å²) in [5, 5.41) is 31.9. The molecule has 0 aromatic heterocycles. The van der Waals surface area contributed by atoms with Crippen LogP contribution in [-0.2, 0) is 6.42 Å². The summed E-state index contributed by atoms with van der Waals surface area (Å²) in [7, 11) is 0. The van der Waals surface area contributed by atoms with Crippen LogP contribution in [0.5, 0.6) is 0 Å². The molecule has 1 heterocycles. The second-order valence-electron chi connectivity index (χ2n) is 6.34. The number of aliphatic hydroxyl groups is 3. The predicted octanol–water partition coefficient (Wildman–Crippen LogP) is 1.62. The lowest BCUT2D eigenvalue weighted by Crippen LogP contribution is -2.36. The molecule has 4 atom stereocenters. The van der Waals surface area contributed by atoms with Gasteiger partial charge in [0.05, 0.1) is 24.9 Å². The van der Waals surface area contributed by atoms with Crippen LogP contribution >= 0.6 is 0 Å². The van der Waals surface area contributed by atoms with Crippen molar-refractivity contribution in [2.75, 3.05) is 6.61 Å². The zero-order valence-corrected chi connectivity index (χ0v) is 13.2. The summed E-state index contributed by atoms with van der Waals surface area (Å²) >= 11 is 0. The molecule has 1 saturated heterocycles. The molecule has 4 heteroatoms. The topological polar surface area (TPSA) is 72.7 Å². The minimum Gasteiger partial charge on any atom is -0.395 e. The van der Waals surface area contributed by atoms with E-state index in [1.54, 1.807) is 0 Å². The van der Waals surface area contributed by atoms with E-state index in [0.717, 1.165) is 25.7 Å². The highest BCUT2D eigenvalue weighted by molar-refractivity contribution is 5.14. The first-order valence-electron chi connectivity index (χ1n) is 8.49. The van der Waals surface area contributed by atoms with Crippen LogP contribution in [0.2, 0.25) is 0 Å². The van der Waals surface area contributed by atoms with Crippen molar-refractivity contribution in [1.29, 1.82) is 0 Å². The third-order valence-electron chi connectivity index (χ3n) is 4.62. The van der Waals surface area contributed by atoms with Gasteiger partial charge in [-0.1, -0.05) is 56.0 Å². The number of benzene rings is 1. The van der Waals surface area contributed by atoms with Gasteiger partial charge in [0.15, 0.2) is 0 Å². The first-order valence-corrected chi connectivity index (χ1v) is 8.49. The summed E-state index contributed by atoms with van der Waals surface area (Å²) in [5.74, 6) is 0. The Hall–Kier alpha value is -0.940. The summed E-state index contributed by atoms with van der Waals surface area (Å²) in [6.07, 6.45) is 6.26. The summed E-state index contributed by atoms with van der Waals surface area (Å²) in [5.41, 5.74) is 1.41. The number of nitrogens with one attached hydrogen (secondary N) is 1. The quantitative estimate of drug-likeness (QED) is 0.523. The van der Waals surface area contributed by atoms with E-state index >= 15 is 0 Å². The third kappa shape index (κ3) is 5.06. The lowest BCUT2D eigenvalue weighted by atomic mass is 10.0. The second kappa shape index (κ2) is 9.26. The van der Waals surface area contributed by atoms with E-state index in [2.05, 4.69) is 29.6 Å². The smallest absolute Gasteiger partial charge is 0.0989 e. The van der Waals surface area contributed by atoms with E-state index in [1.165, 1.54) is 24.8 Å². The Balaban J connectivity index is 1.51. The van der Waals surface area contributed by atoms with Crippen molar-refractivity contribution in [3.05, 3.63) is 35.9 Å². The minimum atomic E-state index is -0.846.